The molecule has 0 aliphatic heterocycles. The maximum Gasteiger partial charge on any atom is 0.124 e. The minimum atomic E-state index is -0.160. The molecule has 0 bridgehead atoms. The summed E-state index contributed by atoms with van der Waals surface area (Å²) in [5, 5.41) is 0. The third-order valence-electron chi connectivity index (χ3n) is 3.03. The topological polar surface area (TPSA) is 47.3 Å². The Morgan fingerprint density at radius 2 is 1.76 bits per heavy atom. The zero-order valence-corrected chi connectivity index (χ0v) is 15.1. The Hall–Kier alpha value is -0.880. The quantitative estimate of drug-likeness (QED) is 0.558. The van der Waals surface area contributed by atoms with Gasteiger partial charge in [0.15, 0.2) is 0 Å². The van der Waals surface area contributed by atoms with E-state index in [0.717, 1.165) is 25.8 Å². The lowest BCUT2D eigenvalue weighted by atomic mass is 9.98. The maximum absolute atomic E-state index is 5.90. The lowest BCUT2D eigenvalue weighted by molar-refractivity contribution is 0.238. The number of rotatable bonds is 5. The Morgan fingerprint density at radius 3 is 2.43 bits per heavy atom. The summed E-state index contributed by atoms with van der Waals surface area (Å²) in [5.74, 6) is 6.65. The van der Waals surface area contributed by atoms with Crippen LogP contribution in [0.15, 0.2) is 51.4 Å². The molecule has 1 unspecified atom stereocenters. The molecule has 3 N–H and O–H groups in total. The predicted molar refractivity (Wildman–Crippen MR) is 93.2 cm³/mol. The van der Waals surface area contributed by atoms with Crippen molar-refractivity contribution in [2.45, 2.75) is 26.0 Å². The number of nitrogens with two attached hydrogens (primary N) is 1. The van der Waals surface area contributed by atoms with Gasteiger partial charge < -0.3 is 4.74 Å². The van der Waals surface area contributed by atoms with Crippen molar-refractivity contribution in [1.29, 1.82) is 0 Å². The molecular formula is C16H18Br2N2O. The monoisotopic (exact) mass is 412 g/mol. The van der Waals surface area contributed by atoms with Gasteiger partial charge >= 0.3 is 0 Å². The Kier molecular flexibility index (Phi) is 5.81. The molecule has 0 saturated heterocycles. The number of hydrogen-bond acceptors (Lipinski definition) is 3. The molecule has 0 aromatic heterocycles. The van der Waals surface area contributed by atoms with Crippen molar-refractivity contribution >= 4 is 31.9 Å². The molecule has 0 amide bonds. The van der Waals surface area contributed by atoms with Gasteiger partial charge in [-0.3, -0.25) is 5.84 Å². The molecule has 0 aliphatic rings. The van der Waals surface area contributed by atoms with Gasteiger partial charge in [0.05, 0.1) is 12.1 Å². The Balaban J connectivity index is 2.49. The minimum Gasteiger partial charge on any atom is -0.491 e. The van der Waals surface area contributed by atoms with Crippen molar-refractivity contribution in [1.82, 2.24) is 5.43 Å². The molecular weight excluding hydrogens is 396 g/mol. The van der Waals surface area contributed by atoms with E-state index in [4.69, 9.17) is 10.6 Å². The van der Waals surface area contributed by atoms with Crippen LogP contribution in [0.4, 0.5) is 0 Å². The van der Waals surface area contributed by atoms with Gasteiger partial charge in [0.25, 0.3) is 0 Å². The second-order valence-corrected chi connectivity index (χ2v) is 6.74. The van der Waals surface area contributed by atoms with Crippen LogP contribution in [0.1, 0.15) is 31.0 Å². The molecule has 0 spiro atoms. The van der Waals surface area contributed by atoms with Gasteiger partial charge in [-0.15, -0.1) is 0 Å². The van der Waals surface area contributed by atoms with Crippen LogP contribution < -0.4 is 16.0 Å². The summed E-state index contributed by atoms with van der Waals surface area (Å²) in [6, 6.07) is 13.8. The van der Waals surface area contributed by atoms with E-state index in [2.05, 4.69) is 37.3 Å². The van der Waals surface area contributed by atoms with E-state index in [-0.39, 0.29) is 12.1 Å². The SMILES string of the molecule is CC(C)Oc1ccccc1C(NN)c1cc(Br)ccc1Br. The zero-order chi connectivity index (χ0) is 15.4. The molecule has 3 nitrogen and oxygen atoms in total. The van der Waals surface area contributed by atoms with E-state index < -0.39 is 0 Å². The van der Waals surface area contributed by atoms with Crippen LogP contribution in [0, 0.1) is 0 Å². The number of ether oxygens (including phenoxy) is 1. The molecule has 0 radical (unpaired) electrons. The van der Waals surface area contributed by atoms with Gasteiger partial charge in [0.1, 0.15) is 5.75 Å². The largest absolute Gasteiger partial charge is 0.491 e. The van der Waals surface area contributed by atoms with Crippen molar-refractivity contribution < 1.29 is 4.74 Å². The number of hydrogen-bond donors (Lipinski definition) is 2. The summed E-state index contributed by atoms with van der Waals surface area (Å²) in [7, 11) is 0. The van der Waals surface area contributed by atoms with E-state index in [1.54, 1.807) is 0 Å². The maximum atomic E-state index is 5.90. The number of para-hydroxylation sites is 1. The summed E-state index contributed by atoms with van der Waals surface area (Å²) in [6.45, 7) is 4.02. The van der Waals surface area contributed by atoms with Crippen molar-refractivity contribution in [3.05, 3.63) is 62.5 Å². The molecule has 5 heteroatoms. The second kappa shape index (κ2) is 7.40. The number of nitrogens with one attached hydrogen (secondary N) is 1. The first-order valence-electron chi connectivity index (χ1n) is 6.69. The van der Waals surface area contributed by atoms with Crippen molar-refractivity contribution in [2.75, 3.05) is 0 Å². The van der Waals surface area contributed by atoms with Crippen molar-refractivity contribution in [2.24, 2.45) is 5.84 Å². The summed E-state index contributed by atoms with van der Waals surface area (Å²) in [4.78, 5) is 0. The fraction of sp³-hybridized carbons (Fsp3) is 0.250. The van der Waals surface area contributed by atoms with Gasteiger partial charge in [-0.25, -0.2) is 5.43 Å². The van der Waals surface area contributed by atoms with Crippen molar-refractivity contribution in [3.8, 4) is 5.75 Å². The number of benzene rings is 2. The molecule has 112 valence electrons. The first-order valence-corrected chi connectivity index (χ1v) is 8.28. The minimum absolute atomic E-state index is 0.107. The van der Waals surface area contributed by atoms with E-state index in [1.807, 2.05) is 56.3 Å². The Bertz CT molecular complexity index is 617. The molecule has 2 aromatic carbocycles. The highest BCUT2D eigenvalue weighted by Crippen LogP contribution is 2.35. The van der Waals surface area contributed by atoms with E-state index >= 15 is 0 Å². The van der Waals surface area contributed by atoms with Crippen LogP contribution in [0.2, 0.25) is 0 Å². The highest BCUT2D eigenvalue weighted by molar-refractivity contribution is 9.11. The lowest BCUT2D eigenvalue weighted by Gasteiger charge is -2.22. The third-order valence-corrected chi connectivity index (χ3v) is 4.24. The van der Waals surface area contributed by atoms with Gasteiger partial charge in [-0.1, -0.05) is 50.1 Å². The van der Waals surface area contributed by atoms with Crippen LogP contribution in [0.5, 0.6) is 5.75 Å². The summed E-state index contributed by atoms with van der Waals surface area (Å²) < 4.78 is 7.89. The number of hydrazine groups is 1. The molecule has 0 aliphatic carbocycles. The summed E-state index contributed by atoms with van der Waals surface area (Å²) in [5.41, 5.74) is 4.94. The third kappa shape index (κ3) is 4.07. The van der Waals surface area contributed by atoms with Gasteiger partial charge in [0.2, 0.25) is 0 Å². The highest BCUT2D eigenvalue weighted by atomic mass is 79.9. The van der Waals surface area contributed by atoms with Gasteiger partial charge in [-0.05, 0) is 43.7 Å². The fourth-order valence-electron chi connectivity index (χ4n) is 2.16. The average molecular weight is 414 g/mol. The number of halogens is 2. The van der Waals surface area contributed by atoms with Crippen LogP contribution in [0.3, 0.4) is 0 Å². The standard InChI is InChI=1S/C16H18Br2N2O/c1-10(2)21-15-6-4-3-5-12(15)16(20-19)13-9-11(17)7-8-14(13)18/h3-10,16,20H,19H2,1-2H3. The predicted octanol–water partition coefficient (Wildman–Crippen LogP) is 4.55. The summed E-state index contributed by atoms with van der Waals surface area (Å²) in [6.07, 6.45) is 0.107. The fourth-order valence-corrected chi connectivity index (χ4v) is 3.02. The molecule has 0 fully saturated rings. The Labute approximate surface area is 142 Å². The van der Waals surface area contributed by atoms with Gasteiger partial charge in [-0.2, -0.15) is 0 Å². The second-order valence-electron chi connectivity index (χ2n) is 4.97. The van der Waals surface area contributed by atoms with Crippen LogP contribution >= 0.6 is 31.9 Å². The smallest absolute Gasteiger partial charge is 0.124 e. The van der Waals surface area contributed by atoms with Crippen LogP contribution in [0.25, 0.3) is 0 Å². The Morgan fingerprint density at radius 1 is 1.05 bits per heavy atom. The average Bonchev–Trinajstić information content (AvgIpc) is 2.44. The van der Waals surface area contributed by atoms with E-state index in [1.165, 1.54) is 0 Å². The van der Waals surface area contributed by atoms with E-state index in [9.17, 15) is 0 Å². The normalized spacial score (nSPS) is 12.5. The van der Waals surface area contributed by atoms with Crippen molar-refractivity contribution in [3.63, 3.8) is 0 Å². The lowest BCUT2D eigenvalue weighted by Crippen LogP contribution is -2.29. The first-order chi connectivity index (χ1) is 10.0. The first kappa shape index (κ1) is 16.5. The summed E-state index contributed by atoms with van der Waals surface area (Å²) >= 11 is 7.09. The highest BCUT2D eigenvalue weighted by Gasteiger charge is 2.20. The molecule has 2 rings (SSSR count). The molecule has 21 heavy (non-hydrogen) atoms. The molecule has 0 saturated carbocycles. The van der Waals surface area contributed by atoms with Crippen LogP contribution in [-0.4, -0.2) is 6.10 Å². The van der Waals surface area contributed by atoms with Gasteiger partial charge in [0, 0.05) is 14.5 Å². The molecule has 1 atom stereocenters. The zero-order valence-electron chi connectivity index (χ0n) is 11.9. The molecule has 2 aromatic rings. The molecule has 0 heterocycles. The van der Waals surface area contributed by atoms with Crippen LogP contribution in [-0.2, 0) is 0 Å². The van der Waals surface area contributed by atoms with E-state index in [0.29, 0.717) is 0 Å².